The van der Waals surface area contributed by atoms with Crippen LogP contribution in [-0.4, -0.2) is 15.9 Å². The third kappa shape index (κ3) is 4.68. The molecule has 1 amide bonds. The van der Waals surface area contributed by atoms with E-state index < -0.39 is 0 Å². The summed E-state index contributed by atoms with van der Waals surface area (Å²) in [7, 11) is 0. The number of amides is 1. The van der Waals surface area contributed by atoms with Crippen molar-refractivity contribution in [1.29, 1.82) is 0 Å². The first-order valence-corrected chi connectivity index (χ1v) is 9.56. The third-order valence-electron chi connectivity index (χ3n) is 4.54. The molecule has 0 saturated heterocycles. The highest BCUT2D eigenvalue weighted by atomic mass is 35.5. The van der Waals surface area contributed by atoms with Crippen LogP contribution < -0.4 is 5.32 Å². The van der Waals surface area contributed by atoms with Crippen molar-refractivity contribution in [2.45, 2.75) is 6.54 Å². The highest BCUT2D eigenvalue weighted by Crippen LogP contribution is 2.23. The van der Waals surface area contributed by atoms with Crippen molar-refractivity contribution < 1.29 is 4.79 Å². The molecule has 0 aliphatic carbocycles. The Hall–Kier alpha value is -3.50. The van der Waals surface area contributed by atoms with Crippen LogP contribution in [0.15, 0.2) is 91.4 Å². The topological polar surface area (TPSA) is 54.9 Å². The number of nitrogens with zero attached hydrogens (tertiary/aromatic N) is 2. The zero-order valence-corrected chi connectivity index (χ0v) is 16.3. The molecule has 0 saturated carbocycles. The molecule has 1 N–H and O–H groups in total. The van der Waals surface area contributed by atoms with Gasteiger partial charge >= 0.3 is 0 Å². The lowest BCUT2D eigenvalue weighted by Crippen LogP contribution is -2.22. The maximum atomic E-state index is 12.5. The molecule has 2 aromatic heterocycles. The molecule has 2 heterocycles. The molecule has 0 unspecified atom stereocenters. The van der Waals surface area contributed by atoms with Gasteiger partial charge < -0.3 is 5.32 Å². The lowest BCUT2D eigenvalue weighted by atomic mass is 10.0. The van der Waals surface area contributed by atoms with Gasteiger partial charge in [-0.2, -0.15) is 0 Å². The van der Waals surface area contributed by atoms with Crippen molar-refractivity contribution in [3.8, 4) is 22.4 Å². The minimum absolute atomic E-state index is 0.123. The summed E-state index contributed by atoms with van der Waals surface area (Å²) in [4.78, 5) is 21.0. The zero-order valence-electron chi connectivity index (χ0n) is 15.5. The molecule has 0 radical (unpaired) electrons. The smallest absolute Gasteiger partial charge is 0.251 e. The first kappa shape index (κ1) is 18.8. The molecule has 0 atom stereocenters. The van der Waals surface area contributed by atoms with Gasteiger partial charge in [-0.1, -0.05) is 35.9 Å². The van der Waals surface area contributed by atoms with E-state index in [2.05, 4.69) is 15.3 Å². The van der Waals surface area contributed by atoms with Crippen LogP contribution in [0.2, 0.25) is 5.02 Å². The number of carbonyl (C=O) groups is 1. The second-order valence-corrected chi connectivity index (χ2v) is 7.00. The first-order valence-electron chi connectivity index (χ1n) is 9.18. The molecule has 4 rings (SSSR count). The summed E-state index contributed by atoms with van der Waals surface area (Å²) in [5.41, 5.74) is 5.39. The fourth-order valence-corrected chi connectivity index (χ4v) is 3.21. The average molecular weight is 400 g/mol. The van der Waals surface area contributed by atoms with Crippen LogP contribution in [0.5, 0.6) is 0 Å². The van der Waals surface area contributed by atoms with Crippen LogP contribution in [0.1, 0.15) is 15.9 Å². The molecule has 0 spiro atoms. The summed E-state index contributed by atoms with van der Waals surface area (Å²) in [6.45, 7) is 0.421. The molecule has 4 nitrogen and oxygen atoms in total. The summed E-state index contributed by atoms with van der Waals surface area (Å²) in [5.74, 6) is -0.123. The molecule has 0 aliphatic heterocycles. The number of pyridine rings is 2. The first-order chi connectivity index (χ1) is 14.2. The third-order valence-corrected chi connectivity index (χ3v) is 4.77. The predicted octanol–water partition coefficient (Wildman–Crippen LogP) is 5.39. The second-order valence-electron chi connectivity index (χ2n) is 6.56. The van der Waals surface area contributed by atoms with Crippen molar-refractivity contribution in [3.63, 3.8) is 0 Å². The minimum atomic E-state index is -0.123. The van der Waals surface area contributed by atoms with Gasteiger partial charge in [-0.3, -0.25) is 14.8 Å². The van der Waals surface area contributed by atoms with Crippen molar-refractivity contribution >= 4 is 17.5 Å². The monoisotopic (exact) mass is 399 g/mol. The minimum Gasteiger partial charge on any atom is -0.348 e. The van der Waals surface area contributed by atoms with Crippen molar-refractivity contribution in [3.05, 3.63) is 108 Å². The Labute approximate surface area is 174 Å². The van der Waals surface area contributed by atoms with Crippen molar-refractivity contribution in [2.75, 3.05) is 0 Å². The fraction of sp³-hybridized carbons (Fsp3) is 0.0417. The number of carbonyl (C=O) groups excluding carboxylic acids is 1. The van der Waals surface area contributed by atoms with E-state index >= 15 is 0 Å². The maximum absolute atomic E-state index is 12.5. The molecule has 0 bridgehead atoms. The number of aromatic nitrogens is 2. The van der Waals surface area contributed by atoms with Gasteiger partial charge in [-0.15, -0.1) is 0 Å². The van der Waals surface area contributed by atoms with E-state index in [9.17, 15) is 4.79 Å². The highest BCUT2D eigenvalue weighted by Gasteiger charge is 2.07. The molecular weight excluding hydrogens is 382 g/mol. The summed E-state index contributed by atoms with van der Waals surface area (Å²) >= 11 is 6.05. The molecular formula is C24H18ClN3O. The van der Waals surface area contributed by atoms with E-state index in [-0.39, 0.29) is 5.91 Å². The molecule has 142 valence electrons. The van der Waals surface area contributed by atoms with E-state index in [0.717, 1.165) is 27.9 Å². The fourth-order valence-electron chi connectivity index (χ4n) is 3.02. The number of hydrogen-bond acceptors (Lipinski definition) is 3. The lowest BCUT2D eigenvalue weighted by molar-refractivity contribution is 0.0951. The number of halogens is 1. The van der Waals surface area contributed by atoms with Gasteiger partial charge in [0, 0.05) is 41.3 Å². The van der Waals surface area contributed by atoms with E-state index in [1.165, 1.54) is 0 Å². The second kappa shape index (κ2) is 8.67. The highest BCUT2D eigenvalue weighted by molar-refractivity contribution is 6.30. The van der Waals surface area contributed by atoms with Gasteiger partial charge in [-0.05, 0) is 65.2 Å². The van der Waals surface area contributed by atoms with E-state index in [0.29, 0.717) is 17.1 Å². The van der Waals surface area contributed by atoms with Gasteiger partial charge in [-0.25, -0.2) is 0 Å². The van der Waals surface area contributed by atoms with Gasteiger partial charge in [0.05, 0.1) is 5.69 Å². The predicted molar refractivity (Wildman–Crippen MR) is 116 cm³/mol. The number of rotatable bonds is 5. The normalized spacial score (nSPS) is 10.5. The number of nitrogens with one attached hydrogen (secondary N) is 1. The van der Waals surface area contributed by atoms with Gasteiger partial charge in [0.2, 0.25) is 0 Å². The van der Waals surface area contributed by atoms with Gasteiger partial charge in [0.25, 0.3) is 5.91 Å². The summed E-state index contributed by atoms with van der Waals surface area (Å²) in [6.07, 6.45) is 5.24. The van der Waals surface area contributed by atoms with Gasteiger partial charge in [0.1, 0.15) is 0 Å². The van der Waals surface area contributed by atoms with Crippen molar-refractivity contribution in [1.82, 2.24) is 15.3 Å². The summed E-state index contributed by atoms with van der Waals surface area (Å²) < 4.78 is 0. The quantitative estimate of drug-likeness (QED) is 0.489. The van der Waals surface area contributed by atoms with Crippen LogP contribution in [0.25, 0.3) is 22.4 Å². The number of hydrogen-bond donors (Lipinski definition) is 1. The van der Waals surface area contributed by atoms with Crippen LogP contribution in [0.3, 0.4) is 0 Å². The standard InChI is InChI=1S/C24H18ClN3O/c25-22-5-1-3-20(14-22)18-6-8-19(9-7-18)24(29)28-15-17-10-12-27-23(13-17)21-4-2-11-26-16-21/h1-14,16H,15H2,(H,28,29). The van der Waals surface area contributed by atoms with E-state index in [4.69, 9.17) is 11.6 Å². The molecule has 2 aromatic carbocycles. The van der Waals surface area contributed by atoms with Gasteiger partial charge in [0.15, 0.2) is 0 Å². The Kier molecular flexibility index (Phi) is 5.63. The van der Waals surface area contributed by atoms with Crippen LogP contribution >= 0.6 is 11.6 Å². The molecule has 4 aromatic rings. The Balaban J connectivity index is 1.42. The Morgan fingerprint density at radius 3 is 2.45 bits per heavy atom. The zero-order chi connectivity index (χ0) is 20.1. The summed E-state index contributed by atoms with van der Waals surface area (Å²) in [6, 6.07) is 22.8. The molecule has 0 aliphatic rings. The molecule has 5 heteroatoms. The van der Waals surface area contributed by atoms with Crippen molar-refractivity contribution in [2.24, 2.45) is 0 Å². The Morgan fingerprint density at radius 2 is 1.69 bits per heavy atom. The SMILES string of the molecule is O=C(NCc1ccnc(-c2cccnc2)c1)c1ccc(-c2cccc(Cl)c2)cc1. The van der Waals surface area contributed by atoms with Crippen LogP contribution in [0.4, 0.5) is 0 Å². The maximum Gasteiger partial charge on any atom is 0.251 e. The average Bonchev–Trinajstić information content (AvgIpc) is 2.78. The Morgan fingerprint density at radius 1 is 0.862 bits per heavy atom. The Bertz CT molecular complexity index is 1130. The summed E-state index contributed by atoms with van der Waals surface area (Å²) in [5, 5.41) is 3.65. The lowest BCUT2D eigenvalue weighted by Gasteiger charge is -2.08. The van der Waals surface area contributed by atoms with Crippen LogP contribution in [-0.2, 0) is 6.54 Å². The molecule has 0 fully saturated rings. The number of benzene rings is 2. The van der Waals surface area contributed by atoms with Crippen LogP contribution in [0, 0.1) is 0 Å². The van der Waals surface area contributed by atoms with E-state index in [1.807, 2.05) is 72.8 Å². The molecule has 29 heavy (non-hydrogen) atoms. The van der Waals surface area contributed by atoms with E-state index in [1.54, 1.807) is 18.6 Å². The largest absolute Gasteiger partial charge is 0.348 e.